The Morgan fingerprint density at radius 2 is 1.70 bits per heavy atom. The Morgan fingerprint density at radius 1 is 1.02 bits per heavy atom. The van der Waals surface area contributed by atoms with Crippen LogP contribution in [0.3, 0.4) is 0 Å². The molecule has 2 N–H and O–H groups in total. The number of hydrogen-bond acceptors (Lipinski definition) is 6. The number of allylic oxidation sites excluding steroid dienone is 2. The number of nitrogens with one attached hydrogen (secondary N) is 1. The number of benzene rings is 3. The summed E-state index contributed by atoms with van der Waals surface area (Å²) in [6, 6.07) is 18.0. The highest BCUT2D eigenvalue weighted by molar-refractivity contribution is 6.05. The number of rotatable bonds is 14. The quantitative estimate of drug-likeness (QED) is 0.0688. The standard InChI is InChI=1S/C33H30F4N2O5/c1-2-29-26(39-31(44-29)23-12-14-24(34)15-13-23)9-6-18-43-25-16-10-21(11-17-25)19-27(32(41)42)38-30(33(35,36)37)20-28(40)22-7-4-3-5-8-22/h3-5,7-8,10-17,20,27,38H,2,6,9,18-19H2,1H3,(H,41,42)/b30-20-/t27-/m0/s1. The maximum absolute atomic E-state index is 13.7. The number of nitrogens with zero attached hydrogens (tertiary/aromatic N) is 1. The van der Waals surface area contributed by atoms with Crippen LogP contribution in [0.25, 0.3) is 11.5 Å². The van der Waals surface area contributed by atoms with Crippen LogP contribution < -0.4 is 10.1 Å². The second-order valence-electron chi connectivity index (χ2n) is 9.87. The van der Waals surface area contributed by atoms with Crippen LogP contribution in [0.2, 0.25) is 0 Å². The van der Waals surface area contributed by atoms with Crippen molar-refractivity contribution in [1.29, 1.82) is 0 Å². The number of carbonyl (C=O) groups excluding carboxylic acids is 1. The average molecular weight is 611 g/mol. The second-order valence-corrected chi connectivity index (χ2v) is 9.87. The maximum atomic E-state index is 13.7. The normalized spacial score (nSPS) is 12.5. The van der Waals surface area contributed by atoms with Crippen LogP contribution in [0.5, 0.6) is 5.75 Å². The summed E-state index contributed by atoms with van der Waals surface area (Å²) in [4.78, 5) is 28.7. The minimum absolute atomic E-state index is 0.0418. The van der Waals surface area contributed by atoms with Crippen molar-refractivity contribution in [3.05, 3.63) is 119 Å². The topological polar surface area (TPSA) is 102 Å². The zero-order valence-corrected chi connectivity index (χ0v) is 23.7. The predicted molar refractivity (Wildman–Crippen MR) is 155 cm³/mol. The number of carboxylic acids is 1. The van der Waals surface area contributed by atoms with E-state index in [0.717, 1.165) is 11.5 Å². The summed E-state index contributed by atoms with van der Waals surface area (Å²) < 4.78 is 65.9. The Kier molecular flexibility index (Phi) is 10.5. The van der Waals surface area contributed by atoms with Crippen LogP contribution in [-0.4, -0.2) is 40.7 Å². The number of aryl methyl sites for hydroxylation is 2. The summed E-state index contributed by atoms with van der Waals surface area (Å²) in [5, 5.41) is 11.6. The fourth-order valence-corrected chi connectivity index (χ4v) is 4.37. The molecule has 4 rings (SSSR count). The Labute approximate surface area is 251 Å². The van der Waals surface area contributed by atoms with Crippen molar-refractivity contribution in [3.8, 4) is 17.2 Å². The molecule has 7 nitrogen and oxygen atoms in total. The Morgan fingerprint density at radius 3 is 2.32 bits per heavy atom. The Hall–Kier alpha value is -4.93. The molecule has 230 valence electrons. The lowest BCUT2D eigenvalue weighted by atomic mass is 10.0. The van der Waals surface area contributed by atoms with Crippen LogP contribution in [0.1, 0.15) is 40.7 Å². The van der Waals surface area contributed by atoms with E-state index < -0.39 is 29.7 Å². The van der Waals surface area contributed by atoms with Gasteiger partial charge in [-0.25, -0.2) is 14.2 Å². The fourth-order valence-electron chi connectivity index (χ4n) is 4.37. The van der Waals surface area contributed by atoms with Crippen LogP contribution in [0.4, 0.5) is 17.6 Å². The molecule has 3 aromatic carbocycles. The van der Waals surface area contributed by atoms with Crippen LogP contribution in [-0.2, 0) is 24.1 Å². The van der Waals surface area contributed by atoms with Gasteiger partial charge in [0.15, 0.2) is 5.78 Å². The molecule has 0 radical (unpaired) electrons. The number of oxazole rings is 1. The van der Waals surface area contributed by atoms with Crippen molar-refractivity contribution in [2.75, 3.05) is 6.61 Å². The number of aromatic nitrogens is 1. The molecular weight excluding hydrogens is 580 g/mol. The van der Waals surface area contributed by atoms with E-state index in [4.69, 9.17) is 9.15 Å². The third kappa shape index (κ3) is 8.79. The van der Waals surface area contributed by atoms with Crippen LogP contribution in [0.15, 0.2) is 95.1 Å². The van der Waals surface area contributed by atoms with Crippen molar-refractivity contribution in [2.24, 2.45) is 0 Å². The molecule has 11 heteroatoms. The summed E-state index contributed by atoms with van der Waals surface area (Å²) in [6.45, 7) is 2.29. The zero-order valence-electron chi connectivity index (χ0n) is 23.7. The molecule has 0 saturated heterocycles. The minimum Gasteiger partial charge on any atom is -0.494 e. The van der Waals surface area contributed by atoms with Gasteiger partial charge in [-0.1, -0.05) is 49.4 Å². The van der Waals surface area contributed by atoms with Crippen molar-refractivity contribution < 1.29 is 41.4 Å². The smallest absolute Gasteiger partial charge is 0.431 e. The van der Waals surface area contributed by atoms with Gasteiger partial charge >= 0.3 is 12.1 Å². The molecule has 1 aromatic heterocycles. The molecule has 0 bridgehead atoms. The number of halogens is 4. The van der Waals surface area contributed by atoms with E-state index in [1.165, 1.54) is 36.4 Å². The minimum atomic E-state index is -4.97. The molecule has 0 saturated carbocycles. The first-order valence-corrected chi connectivity index (χ1v) is 13.9. The summed E-state index contributed by atoms with van der Waals surface area (Å²) in [5.74, 6) is -1.10. The molecule has 0 aliphatic carbocycles. The van der Waals surface area contributed by atoms with Gasteiger partial charge in [-0.2, -0.15) is 13.2 Å². The lowest BCUT2D eigenvalue weighted by Gasteiger charge is -2.20. The van der Waals surface area contributed by atoms with Gasteiger partial charge in [0.1, 0.15) is 29.1 Å². The van der Waals surface area contributed by atoms with Crippen LogP contribution in [0, 0.1) is 5.82 Å². The van der Waals surface area contributed by atoms with Gasteiger partial charge in [0, 0.05) is 30.0 Å². The monoisotopic (exact) mass is 610 g/mol. The predicted octanol–water partition coefficient (Wildman–Crippen LogP) is 6.97. The van der Waals surface area contributed by atoms with Crippen molar-refractivity contribution in [2.45, 2.75) is 44.8 Å². The highest BCUT2D eigenvalue weighted by atomic mass is 19.4. The van der Waals surface area contributed by atoms with Gasteiger partial charge in [-0.05, 0) is 54.8 Å². The molecule has 0 unspecified atom stereocenters. The Bertz CT molecular complexity index is 1580. The number of ketones is 1. The molecule has 4 aromatic rings. The highest BCUT2D eigenvalue weighted by Crippen LogP contribution is 2.26. The molecule has 0 spiro atoms. The van der Waals surface area contributed by atoms with Crippen molar-refractivity contribution in [3.63, 3.8) is 0 Å². The van der Waals surface area contributed by atoms with Gasteiger partial charge in [0.2, 0.25) is 5.89 Å². The van der Waals surface area contributed by atoms with Crippen molar-refractivity contribution in [1.82, 2.24) is 10.3 Å². The lowest BCUT2D eigenvalue weighted by molar-refractivity contribution is -0.140. The second kappa shape index (κ2) is 14.5. The third-order valence-electron chi connectivity index (χ3n) is 6.65. The van der Waals surface area contributed by atoms with E-state index in [9.17, 15) is 32.3 Å². The first-order valence-electron chi connectivity index (χ1n) is 13.9. The first kappa shape index (κ1) is 32.0. The molecule has 0 aliphatic rings. The van der Waals surface area contributed by atoms with Crippen LogP contribution >= 0.6 is 0 Å². The van der Waals surface area contributed by atoms with Gasteiger partial charge in [0.05, 0.1) is 12.3 Å². The molecular formula is C33H30F4N2O5. The zero-order chi connectivity index (χ0) is 31.7. The third-order valence-corrected chi connectivity index (χ3v) is 6.65. The lowest BCUT2D eigenvalue weighted by Crippen LogP contribution is -2.42. The molecule has 44 heavy (non-hydrogen) atoms. The number of alkyl halides is 3. The van der Waals surface area contributed by atoms with Gasteiger partial charge in [0.25, 0.3) is 0 Å². The number of hydrogen-bond donors (Lipinski definition) is 2. The van der Waals surface area contributed by atoms with E-state index in [2.05, 4.69) is 4.98 Å². The first-order chi connectivity index (χ1) is 21.0. The van der Waals surface area contributed by atoms with Crippen molar-refractivity contribution >= 4 is 11.8 Å². The average Bonchev–Trinajstić information content (AvgIpc) is 3.42. The molecule has 0 fully saturated rings. The van der Waals surface area contributed by atoms with E-state index >= 15 is 0 Å². The fraction of sp³-hybridized carbons (Fsp3) is 0.242. The van der Waals surface area contributed by atoms with E-state index in [1.807, 2.05) is 12.2 Å². The van der Waals surface area contributed by atoms with Gasteiger partial charge in [-0.15, -0.1) is 0 Å². The summed E-state index contributed by atoms with van der Waals surface area (Å²) >= 11 is 0. The van der Waals surface area contributed by atoms with Gasteiger partial charge in [-0.3, -0.25) is 4.79 Å². The number of carboxylic acid groups (broad SMARTS) is 1. The molecule has 0 amide bonds. The van der Waals surface area contributed by atoms with E-state index in [1.54, 1.807) is 42.5 Å². The maximum Gasteiger partial charge on any atom is 0.431 e. The summed E-state index contributed by atoms with van der Waals surface area (Å²) in [6.07, 6.45) is -3.04. The largest absolute Gasteiger partial charge is 0.494 e. The van der Waals surface area contributed by atoms with E-state index in [-0.39, 0.29) is 17.8 Å². The molecule has 1 atom stereocenters. The number of aliphatic carboxylic acids is 1. The summed E-state index contributed by atoms with van der Waals surface area (Å²) in [5.41, 5.74) is 0.518. The highest BCUT2D eigenvalue weighted by Gasteiger charge is 2.37. The van der Waals surface area contributed by atoms with E-state index in [0.29, 0.717) is 54.7 Å². The number of ether oxygens (including phenoxy) is 1. The SMILES string of the molecule is CCc1oc(-c2ccc(F)cc2)nc1CCCOc1ccc(C[C@H](N/C(=C\C(=O)c2ccccc2)C(F)(F)F)C(=O)O)cc1. The van der Waals surface area contributed by atoms with Gasteiger partial charge < -0.3 is 19.6 Å². The summed E-state index contributed by atoms with van der Waals surface area (Å²) in [7, 11) is 0. The Balaban J connectivity index is 1.33. The molecule has 0 aliphatic heterocycles. The number of carbonyl (C=O) groups is 2. The molecule has 1 heterocycles.